The summed E-state index contributed by atoms with van der Waals surface area (Å²) in [6, 6.07) is 6.31. The van der Waals surface area contributed by atoms with Crippen molar-refractivity contribution in [2.75, 3.05) is 5.75 Å². The Balaban J connectivity index is 2.23. The van der Waals surface area contributed by atoms with E-state index in [1.807, 2.05) is 0 Å². The predicted octanol–water partition coefficient (Wildman–Crippen LogP) is 3.62. The number of nitrogens with one attached hydrogen (secondary N) is 1. The molecule has 0 spiro atoms. The Morgan fingerprint density at radius 1 is 1.40 bits per heavy atom. The Morgan fingerprint density at radius 3 is 2.93 bits per heavy atom. The fourth-order valence-corrected chi connectivity index (χ4v) is 2.25. The van der Waals surface area contributed by atoms with Crippen molar-refractivity contribution in [3.05, 3.63) is 23.8 Å². The third-order valence-electron chi connectivity index (χ3n) is 2.17. The molecule has 0 saturated carbocycles. The quantitative estimate of drug-likeness (QED) is 0.800. The van der Waals surface area contributed by atoms with Crippen LogP contribution in [0.4, 0.5) is 0 Å². The molecule has 2 nitrogen and oxygen atoms in total. The molecule has 15 heavy (non-hydrogen) atoms. The average Bonchev–Trinajstić information content (AvgIpc) is 2.56. The maximum Gasteiger partial charge on any atom is 0.166 e. The summed E-state index contributed by atoms with van der Waals surface area (Å²) in [4.78, 5) is 7.88. The minimum absolute atomic E-state index is 0.699. The summed E-state index contributed by atoms with van der Waals surface area (Å²) in [6.07, 6.45) is 0. The topological polar surface area (TPSA) is 28.7 Å². The lowest BCUT2D eigenvalue weighted by atomic mass is 10.2. The fourth-order valence-electron chi connectivity index (χ4n) is 1.41. The number of hydrogen-bond donors (Lipinski definition) is 1. The number of imidazole rings is 1. The van der Waals surface area contributed by atoms with Gasteiger partial charge < -0.3 is 4.98 Å². The Kier molecular flexibility index (Phi) is 3.00. The average molecular weight is 220 g/mol. The van der Waals surface area contributed by atoms with Gasteiger partial charge in [0.2, 0.25) is 0 Å². The highest BCUT2D eigenvalue weighted by molar-refractivity contribution is 7.99. The van der Waals surface area contributed by atoms with Crippen LogP contribution in [0.5, 0.6) is 0 Å². The van der Waals surface area contributed by atoms with Gasteiger partial charge in [-0.05, 0) is 30.5 Å². The monoisotopic (exact) mass is 220 g/mol. The Bertz CT molecular complexity index is 460. The third-order valence-corrected chi connectivity index (χ3v) is 3.47. The van der Waals surface area contributed by atoms with Crippen LogP contribution in [-0.2, 0) is 0 Å². The van der Waals surface area contributed by atoms with Crippen LogP contribution in [0, 0.1) is 12.8 Å². The lowest BCUT2D eigenvalue weighted by Gasteiger charge is -1.99. The smallest absolute Gasteiger partial charge is 0.166 e. The van der Waals surface area contributed by atoms with E-state index in [2.05, 4.69) is 48.9 Å². The van der Waals surface area contributed by atoms with Gasteiger partial charge >= 0.3 is 0 Å². The van der Waals surface area contributed by atoms with Crippen LogP contribution in [0.1, 0.15) is 19.4 Å². The van der Waals surface area contributed by atoms with Gasteiger partial charge in [0.25, 0.3) is 0 Å². The molecule has 1 heterocycles. The van der Waals surface area contributed by atoms with Crippen molar-refractivity contribution in [3.63, 3.8) is 0 Å². The summed E-state index contributed by atoms with van der Waals surface area (Å²) in [6.45, 7) is 6.54. The standard InChI is InChI=1S/C12H16N2S/c1-8(2)7-15-12-13-10-5-4-9(3)6-11(10)14-12/h4-6,8H,7H2,1-3H3,(H,13,14). The number of fused-ring (bicyclic) bond motifs is 1. The minimum atomic E-state index is 0.699. The summed E-state index contributed by atoms with van der Waals surface area (Å²) in [5.74, 6) is 1.81. The zero-order chi connectivity index (χ0) is 10.8. The van der Waals surface area contributed by atoms with Crippen molar-refractivity contribution >= 4 is 22.8 Å². The third kappa shape index (κ3) is 2.53. The van der Waals surface area contributed by atoms with E-state index in [9.17, 15) is 0 Å². The molecule has 1 aromatic carbocycles. The van der Waals surface area contributed by atoms with E-state index in [4.69, 9.17) is 0 Å². The highest BCUT2D eigenvalue weighted by atomic mass is 32.2. The maximum atomic E-state index is 4.53. The number of nitrogens with zero attached hydrogens (tertiary/aromatic N) is 1. The molecular formula is C12H16N2S. The first-order valence-electron chi connectivity index (χ1n) is 5.24. The van der Waals surface area contributed by atoms with Gasteiger partial charge in [0.15, 0.2) is 5.16 Å². The van der Waals surface area contributed by atoms with E-state index in [0.29, 0.717) is 5.92 Å². The largest absolute Gasteiger partial charge is 0.333 e. The molecule has 0 radical (unpaired) electrons. The zero-order valence-electron chi connectivity index (χ0n) is 9.37. The second-order valence-electron chi connectivity index (χ2n) is 4.27. The molecule has 0 aliphatic heterocycles. The van der Waals surface area contributed by atoms with Crippen LogP contribution in [0.15, 0.2) is 23.4 Å². The molecule has 0 saturated heterocycles. The van der Waals surface area contributed by atoms with Crippen molar-refractivity contribution < 1.29 is 0 Å². The lowest BCUT2D eigenvalue weighted by Crippen LogP contribution is -1.90. The fraction of sp³-hybridized carbons (Fsp3) is 0.417. The number of aromatic amines is 1. The second kappa shape index (κ2) is 4.27. The van der Waals surface area contributed by atoms with Crippen molar-refractivity contribution in [3.8, 4) is 0 Å². The molecule has 1 aromatic heterocycles. The molecule has 0 aliphatic carbocycles. The van der Waals surface area contributed by atoms with Crippen LogP contribution in [-0.4, -0.2) is 15.7 Å². The molecule has 2 rings (SSSR count). The first-order valence-corrected chi connectivity index (χ1v) is 6.23. The summed E-state index contributed by atoms with van der Waals surface area (Å²) in [5, 5.41) is 1.03. The van der Waals surface area contributed by atoms with Gasteiger partial charge in [0.1, 0.15) is 0 Å². The van der Waals surface area contributed by atoms with E-state index < -0.39 is 0 Å². The number of H-pyrrole nitrogens is 1. The second-order valence-corrected chi connectivity index (χ2v) is 5.28. The highest BCUT2D eigenvalue weighted by Gasteiger charge is 2.04. The van der Waals surface area contributed by atoms with Gasteiger partial charge in [0, 0.05) is 5.75 Å². The van der Waals surface area contributed by atoms with Crippen LogP contribution in [0.2, 0.25) is 0 Å². The van der Waals surface area contributed by atoms with Gasteiger partial charge in [-0.25, -0.2) is 4.98 Å². The first-order chi connectivity index (χ1) is 7.15. The van der Waals surface area contributed by atoms with Crippen LogP contribution in [0.3, 0.4) is 0 Å². The lowest BCUT2D eigenvalue weighted by molar-refractivity contribution is 0.748. The molecule has 0 fully saturated rings. The highest BCUT2D eigenvalue weighted by Crippen LogP contribution is 2.21. The van der Waals surface area contributed by atoms with Crippen LogP contribution < -0.4 is 0 Å². The molecular weight excluding hydrogens is 204 g/mol. The van der Waals surface area contributed by atoms with Crippen molar-refractivity contribution in [1.82, 2.24) is 9.97 Å². The summed E-state index contributed by atoms with van der Waals surface area (Å²) >= 11 is 1.79. The predicted molar refractivity (Wildman–Crippen MR) is 66.4 cm³/mol. The maximum absolute atomic E-state index is 4.53. The summed E-state index contributed by atoms with van der Waals surface area (Å²) < 4.78 is 0. The van der Waals surface area contributed by atoms with Crippen molar-refractivity contribution in [2.45, 2.75) is 25.9 Å². The van der Waals surface area contributed by atoms with E-state index in [1.165, 1.54) is 5.56 Å². The molecule has 0 aliphatic rings. The van der Waals surface area contributed by atoms with Gasteiger partial charge in [-0.3, -0.25) is 0 Å². The summed E-state index contributed by atoms with van der Waals surface area (Å²) in [5.41, 5.74) is 3.47. The SMILES string of the molecule is Cc1ccc2nc(SCC(C)C)[nH]c2c1. The Hall–Kier alpha value is -0.960. The van der Waals surface area contributed by atoms with Gasteiger partial charge in [-0.15, -0.1) is 0 Å². The number of aromatic nitrogens is 2. The van der Waals surface area contributed by atoms with E-state index in [1.54, 1.807) is 11.8 Å². The Labute approximate surface area is 94.5 Å². The molecule has 3 heteroatoms. The van der Waals surface area contributed by atoms with Crippen LogP contribution in [0.25, 0.3) is 11.0 Å². The minimum Gasteiger partial charge on any atom is -0.333 e. The molecule has 0 bridgehead atoms. The number of rotatable bonds is 3. The van der Waals surface area contributed by atoms with E-state index >= 15 is 0 Å². The molecule has 0 amide bonds. The number of benzene rings is 1. The van der Waals surface area contributed by atoms with Gasteiger partial charge in [-0.1, -0.05) is 31.7 Å². The van der Waals surface area contributed by atoms with Crippen molar-refractivity contribution in [2.24, 2.45) is 5.92 Å². The summed E-state index contributed by atoms with van der Waals surface area (Å²) in [7, 11) is 0. The van der Waals surface area contributed by atoms with Gasteiger partial charge in [-0.2, -0.15) is 0 Å². The first kappa shape index (κ1) is 10.6. The Morgan fingerprint density at radius 2 is 2.20 bits per heavy atom. The molecule has 0 atom stereocenters. The number of aryl methyl sites for hydroxylation is 1. The molecule has 2 aromatic rings. The van der Waals surface area contributed by atoms with E-state index in [0.717, 1.165) is 21.9 Å². The number of hydrogen-bond acceptors (Lipinski definition) is 2. The number of thioether (sulfide) groups is 1. The van der Waals surface area contributed by atoms with Crippen LogP contribution >= 0.6 is 11.8 Å². The molecule has 80 valence electrons. The van der Waals surface area contributed by atoms with E-state index in [-0.39, 0.29) is 0 Å². The van der Waals surface area contributed by atoms with Crippen molar-refractivity contribution in [1.29, 1.82) is 0 Å². The molecule has 0 unspecified atom stereocenters. The zero-order valence-corrected chi connectivity index (χ0v) is 10.2. The molecule has 1 N–H and O–H groups in total. The normalized spacial score (nSPS) is 11.5. The van der Waals surface area contributed by atoms with Gasteiger partial charge in [0.05, 0.1) is 11.0 Å².